The van der Waals surface area contributed by atoms with Gasteiger partial charge in [0.2, 0.25) is 11.6 Å². The fourth-order valence-corrected chi connectivity index (χ4v) is 2.41. The van der Waals surface area contributed by atoms with Gasteiger partial charge in [-0.15, -0.1) is 11.6 Å². The first kappa shape index (κ1) is 11.9. The summed E-state index contributed by atoms with van der Waals surface area (Å²) in [5, 5.41) is 0. The molecule has 2 rings (SSSR count). The van der Waals surface area contributed by atoms with Crippen molar-refractivity contribution in [2.45, 2.75) is 12.8 Å². The third-order valence-electron chi connectivity index (χ3n) is 3.11. The maximum atomic E-state index is 12.1. The number of carbonyl (C=O) groups is 2. The van der Waals surface area contributed by atoms with Crippen molar-refractivity contribution in [3.05, 3.63) is 34.3 Å². The average molecular weight is 254 g/mol. The molecule has 1 aromatic rings. The highest BCUT2D eigenvalue weighted by Crippen LogP contribution is 2.30. The summed E-state index contributed by atoms with van der Waals surface area (Å²) in [5.41, 5.74) is 2.30. The fraction of sp³-hybridized carbons (Fsp3) is 0.333. The molecule has 0 saturated heterocycles. The quantitative estimate of drug-likeness (QED) is 0.758. The second-order valence-electron chi connectivity index (χ2n) is 3.89. The molecule has 0 bridgehead atoms. The SMILES string of the molecule is COC1=CC(=O)c2c(c(CCl)c(C)n2C)C1=O. The van der Waals surface area contributed by atoms with E-state index in [0.29, 0.717) is 16.8 Å². The van der Waals surface area contributed by atoms with Gasteiger partial charge in [-0.1, -0.05) is 0 Å². The molecule has 0 aromatic carbocycles. The summed E-state index contributed by atoms with van der Waals surface area (Å²) in [6, 6.07) is 0. The van der Waals surface area contributed by atoms with Crippen LogP contribution in [0.4, 0.5) is 0 Å². The minimum Gasteiger partial charge on any atom is -0.492 e. The van der Waals surface area contributed by atoms with Gasteiger partial charge in [0.15, 0.2) is 5.76 Å². The number of ketones is 2. The first-order valence-electron chi connectivity index (χ1n) is 5.11. The molecular formula is C12H12ClNO3. The highest BCUT2D eigenvalue weighted by Gasteiger charge is 2.33. The zero-order chi connectivity index (χ0) is 12.7. The second kappa shape index (κ2) is 4.04. The van der Waals surface area contributed by atoms with E-state index in [1.807, 2.05) is 6.92 Å². The van der Waals surface area contributed by atoms with Crippen molar-refractivity contribution in [1.82, 2.24) is 4.57 Å². The van der Waals surface area contributed by atoms with Crippen molar-refractivity contribution >= 4 is 23.2 Å². The lowest BCUT2D eigenvalue weighted by molar-refractivity contribution is 0.0913. The zero-order valence-electron chi connectivity index (χ0n) is 9.83. The fourth-order valence-electron chi connectivity index (χ4n) is 2.09. The normalized spacial score (nSPS) is 14.7. The lowest BCUT2D eigenvalue weighted by Gasteiger charge is -2.12. The van der Waals surface area contributed by atoms with E-state index in [9.17, 15) is 9.59 Å². The molecular weight excluding hydrogens is 242 g/mol. The molecule has 0 fully saturated rings. The molecule has 1 heterocycles. The summed E-state index contributed by atoms with van der Waals surface area (Å²) in [6.07, 6.45) is 1.22. The summed E-state index contributed by atoms with van der Waals surface area (Å²) in [6.45, 7) is 1.84. The van der Waals surface area contributed by atoms with Gasteiger partial charge in [-0.3, -0.25) is 9.59 Å². The van der Waals surface area contributed by atoms with Crippen LogP contribution in [0, 0.1) is 6.92 Å². The third-order valence-corrected chi connectivity index (χ3v) is 3.38. The molecule has 0 unspecified atom stereocenters. The van der Waals surface area contributed by atoms with Crippen molar-refractivity contribution in [1.29, 1.82) is 0 Å². The van der Waals surface area contributed by atoms with Crippen molar-refractivity contribution in [2.24, 2.45) is 7.05 Å². The molecule has 0 amide bonds. The molecule has 0 radical (unpaired) electrons. The van der Waals surface area contributed by atoms with E-state index in [0.717, 1.165) is 5.69 Å². The molecule has 1 aliphatic carbocycles. The number of Topliss-reactive ketones (excluding diaryl/α,β-unsaturated/α-hetero) is 1. The van der Waals surface area contributed by atoms with Crippen LogP contribution in [0.1, 0.15) is 32.1 Å². The van der Waals surface area contributed by atoms with E-state index < -0.39 is 0 Å². The number of aromatic nitrogens is 1. The summed E-state index contributed by atoms with van der Waals surface area (Å²) in [7, 11) is 3.12. The lowest BCUT2D eigenvalue weighted by atomic mass is 9.97. The van der Waals surface area contributed by atoms with Crippen molar-refractivity contribution in [3.8, 4) is 0 Å². The topological polar surface area (TPSA) is 48.3 Å². The Bertz CT molecular complexity index is 555. The molecule has 0 spiro atoms. The van der Waals surface area contributed by atoms with Gasteiger partial charge >= 0.3 is 0 Å². The Balaban J connectivity index is 2.76. The van der Waals surface area contributed by atoms with E-state index in [-0.39, 0.29) is 23.2 Å². The largest absolute Gasteiger partial charge is 0.492 e. The lowest BCUT2D eigenvalue weighted by Crippen LogP contribution is -2.19. The van der Waals surface area contributed by atoms with E-state index in [1.165, 1.54) is 13.2 Å². The number of hydrogen-bond donors (Lipinski definition) is 0. The van der Waals surface area contributed by atoms with Gasteiger partial charge in [0, 0.05) is 24.7 Å². The van der Waals surface area contributed by atoms with Crippen molar-refractivity contribution in [3.63, 3.8) is 0 Å². The number of allylic oxidation sites excluding steroid dienone is 2. The minimum absolute atomic E-state index is 0.0690. The Morgan fingerprint density at radius 1 is 1.41 bits per heavy atom. The van der Waals surface area contributed by atoms with Crippen LogP contribution < -0.4 is 0 Å². The first-order valence-corrected chi connectivity index (χ1v) is 5.65. The molecule has 17 heavy (non-hydrogen) atoms. The smallest absolute Gasteiger partial charge is 0.230 e. The van der Waals surface area contributed by atoms with Crippen LogP contribution >= 0.6 is 11.6 Å². The molecule has 5 heteroatoms. The number of nitrogens with zero attached hydrogens (tertiary/aromatic N) is 1. The third kappa shape index (κ3) is 1.52. The maximum absolute atomic E-state index is 12.1. The molecule has 90 valence electrons. The Morgan fingerprint density at radius 2 is 2.06 bits per heavy atom. The average Bonchev–Trinajstić information content (AvgIpc) is 2.57. The summed E-state index contributed by atoms with van der Waals surface area (Å²) >= 11 is 5.85. The number of halogens is 1. The highest BCUT2D eigenvalue weighted by molar-refractivity contribution is 6.25. The molecule has 1 aromatic heterocycles. The van der Waals surface area contributed by atoms with Gasteiger partial charge in [0.1, 0.15) is 5.69 Å². The van der Waals surface area contributed by atoms with Crippen LogP contribution in [0.5, 0.6) is 0 Å². The van der Waals surface area contributed by atoms with Gasteiger partial charge in [-0.2, -0.15) is 0 Å². The molecule has 0 saturated carbocycles. The molecule has 0 atom stereocenters. The first-order chi connectivity index (χ1) is 8.02. The Hall–Kier alpha value is -1.55. The Labute approximate surface area is 104 Å². The number of rotatable bonds is 2. The van der Waals surface area contributed by atoms with Crippen molar-refractivity contribution in [2.75, 3.05) is 7.11 Å². The molecule has 0 aliphatic heterocycles. The summed E-state index contributed by atoms with van der Waals surface area (Å²) in [5.74, 6) is -0.232. The molecule has 4 nitrogen and oxygen atoms in total. The van der Waals surface area contributed by atoms with Crippen molar-refractivity contribution < 1.29 is 14.3 Å². The molecule has 0 N–H and O–H groups in total. The van der Waals surface area contributed by atoms with Crippen LogP contribution in [0.3, 0.4) is 0 Å². The predicted octanol–water partition coefficient (Wildman–Crippen LogP) is 1.98. The minimum atomic E-state index is -0.276. The summed E-state index contributed by atoms with van der Waals surface area (Å²) in [4.78, 5) is 24.1. The number of carbonyl (C=O) groups excluding carboxylic acids is 2. The number of methoxy groups -OCH3 is 1. The van der Waals surface area contributed by atoms with E-state index in [1.54, 1.807) is 11.6 Å². The number of ether oxygens (including phenoxy) is 1. The predicted molar refractivity (Wildman–Crippen MR) is 63.5 cm³/mol. The van der Waals surface area contributed by atoms with Gasteiger partial charge in [0.25, 0.3) is 0 Å². The number of hydrogen-bond acceptors (Lipinski definition) is 3. The van der Waals surface area contributed by atoms with E-state index in [2.05, 4.69) is 0 Å². The van der Waals surface area contributed by atoms with Gasteiger partial charge in [0.05, 0.1) is 12.7 Å². The number of fused-ring (bicyclic) bond motifs is 1. The van der Waals surface area contributed by atoms with Crippen LogP contribution in [0.15, 0.2) is 11.8 Å². The Morgan fingerprint density at radius 3 is 2.59 bits per heavy atom. The molecule has 1 aliphatic rings. The van der Waals surface area contributed by atoms with Crippen LogP contribution in [-0.2, 0) is 17.7 Å². The van der Waals surface area contributed by atoms with Crippen LogP contribution in [-0.4, -0.2) is 23.2 Å². The Kier molecular flexibility index (Phi) is 2.83. The zero-order valence-corrected chi connectivity index (χ0v) is 10.6. The highest BCUT2D eigenvalue weighted by atomic mass is 35.5. The maximum Gasteiger partial charge on any atom is 0.230 e. The second-order valence-corrected chi connectivity index (χ2v) is 4.15. The monoisotopic (exact) mass is 253 g/mol. The summed E-state index contributed by atoms with van der Waals surface area (Å²) < 4.78 is 6.62. The van der Waals surface area contributed by atoms with E-state index in [4.69, 9.17) is 16.3 Å². The standard InChI is InChI=1S/C12H12ClNO3/c1-6-7(5-13)10-11(14(6)2)8(15)4-9(17-3)12(10)16/h4H,5H2,1-3H3. The van der Waals surface area contributed by atoms with Gasteiger partial charge in [-0.25, -0.2) is 0 Å². The number of alkyl halides is 1. The van der Waals surface area contributed by atoms with E-state index >= 15 is 0 Å². The van der Waals surface area contributed by atoms with Crippen LogP contribution in [0.25, 0.3) is 0 Å². The van der Waals surface area contributed by atoms with Crippen LogP contribution in [0.2, 0.25) is 0 Å². The van der Waals surface area contributed by atoms with Gasteiger partial charge in [-0.05, 0) is 12.5 Å². The van der Waals surface area contributed by atoms with Gasteiger partial charge < -0.3 is 9.30 Å².